The third-order valence-corrected chi connectivity index (χ3v) is 7.90. The number of nitrogens with zero attached hydrogens (tertiary/aromatic N) is 1. The van der Waals surface area contributed by atoms with Crippen molar-refractivity contribution in [1.82, 2.24) is 4.31 Å². The molecule has 0 spiro atoms. The normalized spacial score (nSPS) is 13.9. The van der Waals surface area contributed by atoms with Gasteiger partial charge in [0.2, 0.25) is 10.0 Å². The first-order valence-electron chi connectivity index (χ1n) is 7.07. The molecule has 0 fully saturated rings. The number of rotatable bonds is 5. The number of hydrogen-bond acceptors (Lipinski definition) is 4. The molecule has 0 aromatic heterocycles. The second-order valence-corrected chi connectivity index (χ2v) is 10.3. The van der Waals surface area contributed by atoms with Gasteiger partial charge in [-0.15, -0.1) is 0 Å². The molecule has 0 radical (unpaired) electrons. The fourth-order valence-corrected chi connectivity index (χ4v) is 5.16. The molecule has 0 bridgehead atoms. The Kier molecular flexibility index (Phi) is 5.54. The highest BCUT2D eigenvalue weighted by Gasteiger charge is 2.28. The van der Waals surface area contributed by atoms with Gasteiger partial charge in [0.1, 0.15) is 0 Å². The maximum Gasteiger partial charge on any atom is 0.244 e. The summed E-state index contributed by atoms with van der Waals surface area (Å²) in [5.41, 5.74) is 0.709. The third-order valence-electron chi connectivity index (χ3n) is 3.83. The Morgan fingerprint density at radius 3 is 2.00 bits per heavy atom. The average molecular weight is 432 g/mol. The van der Waals surface area contributed by atoms with Gasteiger partial charge in [0, 0.05) is 23.8 Å². The molecule has 2 aromatic rings. The van der Waals surface area contributed by atoms with Crippen molar-refractivity contribution in [3.05, 3.63) is 58.6 Å². The van der Waals surface area contributed by atoms with Gasteiger partial charge >= 0.3 is 0 Å². The van der Waals surface area contributed by atoms with E-state index < -0.39 is 25.9 Å². The lowest BCUT2D eigenvalue weighted by Crippen LogP contribution is -2.30. The van der Waals surface area contributed by atoms with E-state index in [-0.39, 0.29) is 9.79 Å². The van der Waals surface area contributed by atoms with E-state index in [0.717, 1.165) is 6.26 Å². The number of halogens is 1. The van der Waals surface area contributed by atoms with Crippen molar-refractivity contribution in [2.45, 2.75) is 22.8 Å². The van der Waals surface area contributed by atoms with Crippen molar-refractivity contribution in [1.29, 1.82) is 0 Å². The van der Waals surface area contributed by atoms with Crippen LogP contribution in [-0.2, 0) is 19.9 Å². The van der Waals surface area contributed by atoms with Crippen LogP contribution in [0.5, 0.6) is 0 Å². The van der Waals surface area contributed by atoms with Crippen LogP contribution < -0.4 is 0 Å². The smallest absolute Gasteiger partial charge is 0.224 e. The lowest BCUT2D eigenvalue weighted by molar-refractivity contribution is 0.398. The van der Waals surface area contributed by atoms with Gasteiger partial charge in [-0.2, -0.15) is 4.31 Å². The Bertz CT molecular complexity index is 938. The zero-order valence-corrected chi connectivity index (χ0v) is 16.7. The van der Waals surface area contributed by atoms with Crippen molar-refractivity contribution in [2.24, 2.45) is 0 Å². The molecule has 0 amide bonds. The highest BCUT2D eigenvalue weighted by Crippen LogP contribution is 2.30. The fourth-order valence-electron chi connectivity index (χ4n) is 2.22. The molecule has 2 aromatic carbocycles. The van der Waals surface area contributed by atoms with E-state index in [4.69, 9.17) is 0 Å². The molecular weight excluding hydrogens is 414 g/mol. The maximum atomic E-state index is 12.8. The standard InChI is InChI=1S/C16H18BrNO4S2/c1-12(13-8-10-14(11-9-13)23(3,19)20)18(2)24(21,22)16-7-5-4-6-15(16)17/h4-12H,1-3H3. The summed E-state index contributed by atoms with van der Waals surface area (Å²) in [5, 5.41) is 0. The maximum absolute atomic E-state index is 12.8. The Morgan fingerprint density at radius 1 is 0.958 bits per heavy atom. The van der Waals surface area contributed by atoms with Gasteiger partial charge in [-0.1, -0.05) is 24.3 Å². The molecule has 0 saturated carbocycles. The summed E-state index contributed by atoms with van der Waals surface area (Å²) < 4.78 is 50.4. The largest absolute Gasteiger partial charge is 0.244 e. The molecule has 0 heterocycles. The van der Waals surface area contributed by atoms with E-state index in [0.29, 0.717) is 10.0 Å². The van der Waals surface area contributed by atoms with E-state index in [9.17, 15) is 16.8 Å². The van der Waals surface area contributed by atoms with Crippen molar-refractivity contribution in [3.8, 4) is 0 Å². The van der Waals surface area contributed by atoms with Crippen molar-refractivity contribution in [3.63, 3.8) is 0 Å². The highest BCUT2D eigenvalue weighted by atomic mass is 79.9. The van der Waals surface area contributed by atoms with Crippen molar-refractivity contribution in [2.75, 3.05) is 13.3 Å². The fraction of sp³-hybridized carbons (Fsp3) is 0.250. The SMILES string of the molecule is CC(c1ccc(S(C)(=O)=O)cc1)N(C)S(=O)(=O)c1ccccc1Br. The summed E-state index contributed by atoms with van der Waals surface area (Å²) in [6.07, 6.45) is 1.13. The van der Waals surface area contributed by atoms with E-state index >= 15 is 0 Å². The van der Waals surface area contributed by atoms with Crippen molar-refractivity contribution >= 4 is 35.8 Å². The lowest BCUT2D eigenvalue weighted by Gasteiger charge is -2.25. The molecular formula is C16H18BrNO4S2. The number of benzene rings is 2. The van der Waals surface area contributed by atoms with Crippen LogP contribution in [0.3, 0.4) is 0 Å². The summed E-state index contributed by atoms with van der Waals surface area (Å²) in [6, 6.07) is 12.4. The minimum Gasteiger partial charge on any atom is -0.224 e. The molecule has 0 aliphatic heterocycles. The van der Waals surface area contributed by atoms with E-state index in [1.54, 1.807) is 37.3 Å². The summed E-state index contributed by atoms with van der Waals surface area (Å²) in [6.45, 7) is 1.75. The van der Waals surface area contributed by atoms with Crippen LogP contribution in [0.4, 0.5) is 0 Å². The second kappa shape index (κ2) is 6.95. The molecule has 2 rings (SSSR count). The lowest BCUT2D eigenvalue weighted by atomic mass is 10.1. The predicted octanol–water partition coefficient (Wildman–Crippen LogP) is 3.23. The second-order valence-electron chi connectivity index (χ2n) is 5.47. The van der Waals surface area contributed by atoms with Crippen LogP contribution in [0.25, 0.3) is 0 Å². The first kappa shape index (κ1) is 19.1. The van der Waals surface area contributed by atoms with Gasteiger partial charge < -0.3 is 0 Å². The monoisotopic (exact) mass is 431 g/mol. The Morgan fingerprint density at radius 2 is 1.50 bits per heavy atom. The molecule has 0 aliphatic rings. The summed E-state index contributed by atoms with van der Waals surface area (Å²) in [5.74, 6) is 0. The topological polar surface area (TPSA) is 71.5 Å². The Balaban J connectivity index is 2.36. The zero-order valence-electron chi connectivity index (χ0n) is 13.5. The minimum atomic E-state index is -3.69. The first-order chi connectivity index (χ1) is 11.0. The molecule has 0 saturated heterocycles. The van der Waals surface area contributed by atoms with Crippen LogP contribution >= 0.6 is 15.9 Å². The van der Waals surface area contributed by atoms with Gasteiger partial charge in [0.05, 0.1) is 9.79 Å². The zero-order chi connectivity index (χ0) is 18.1. The summed E-state index contributed by atoms with van der Waals surface area (Å²) in [7, 11) is -5.46. The Labute approximate surface area is 151 Å². The van der Waals surface area contributed by atoms with Crippen LogP contribution in [-0.4, -0.2) is 34.4 Å². The molecule has 24 heavy (non-hydrogen) atoms. The molecule has 130 valence electrons. The number of hydrogen-bond donors (Lipinski definition) is 0. The van der Waals surface area contributed by atoms with E-state index in [2.05, 4.69) is 15.9 Å². The van der Waals surface area contributed by atoms with Crippen LogP contribution in [0.1, 0.15) is 18.5 Å². The summed E-state index contributed by atoms with van der Waals surface area (Å²) >= 11 is 3.26. The molecule has 0 aliphatic carbocycles. The van der Waals surface area contributed by atoms with Gasteiger partial charge in [-0.3, -0.25) is 0 Å². The molecule has 1 unspecified atom stereocenters. The van der Waals surface area contributed by atoms with Gasteiger partial charge in [0.15, 0.2) is 9.84 Å². The first-order valence-corrected chi connectivity index (χ1v) is 11.2. The average Bonchev–Trinajstić information content (AvgIpc) is 2.53. The third kappa shape index (κ3) is 3.88. The van der Waals surface area contributed by atoms with Crippen LogP contribution in [0.15, 0.2) is 62.8 Å². The highest BCUT2D eigenvalue weighted by molar-refractivity contribution is 9.10. The van der Waals surface area contributed by atoms with Crippen molar-refractivity contribution < 1.29 is 16.8 Å². The van der Waals surface area contributed by atoms with E-state index in [1.165, 1.54) is 29.6 Å². The van der Waals surface area contributed by atoms with E-state index in [1.807, 2.05) is 0 Å². The van der Waals surface area contributed by atoms with Crippen LogP contribution in [0, 0.1) is 0 Å². The van der Waals surface area contributed by atoms with Gasteiger partial charge in [-0.05, 0) is 52.7 Å². The Hall–Kier alpha value is -1.22. The van der Waals surface area contributed by atoms with Crippen LogP contribution in [0.2, 0.25) is 0 Å². The van der Waals surface area contributed by atoms with Gasteiger partial charge in [0.25, 0.3) is 0 Å². The summed E-state index contributed by atoms with van der Waals surface area (Å²) in [4.78, 5) is 0.391. The quantitative estimate of drug-likeness (QED) is 0.728. The molecule has 8 heteroatoms. The number of sulfonamides is 1. The minimum absolute atomic E-state index is 0.187. The molecule has 5 nitrogen and oxygen atoms in total. The number of sulfone groups is 1. The molecule has 0 N–H and O–H groups in total. The predicted molar refractivity (Wildman–Crippen MR) is 97.1 cm³/mol. The van der Waals surface area contributed by atoms with Gasteiger partial charge in [-0.25, -0.2) is 16.8 Å². The molecule has 1 atom stereocenters.